The van der Waals surface area contributed by atoms with Crippen molar-refractivity contribution >= 4 is 67.5 Å². The van der Waals surface area contributed by atoms with Crippen LogP contribution in [-0.4, -0.2) is 47.5 Å². The number of nitrogens with two attached hydrogens (primary N) is 1. The first-order valence-corrected chi connectivity index (χ1v) is 10.7. The molecular weight excluding hydrogens is 439 g/mol. The summed E-state index contributed by atoms with van der Waals surface area (Å²) in [5, 5.41) is 9.00. The van der Waals surface area contributed by atoms with Crippen LogP contribution in [0.25, 0.3) is 10.8 Å². The predicted octanol–water partition coefficient (Wildman–Crippen LogP) is 4.68. The number of hydrogen-bond donors (Lipinski definition) is 2. The number of rotatable bonds is 6. The number of fused-ring (bicyclic) bond motifs is 1. The van der Waals surface area contributed by atoms with Gasteiger partial charge in [-0.1, -0.05) is 30.3 Å². The standard InChI is InChI=1S/C22H18N4O4S.Na/c23-22-19-7-2-1-6-18(19)21(31(27,28)29)13-20(22)26-25-15-8-10-17(11-9-15)30-14-16-5-3-4-12-24-16;/h1-13H,14,23H2,(H,27,28,29);. The van der Waals surface area contributed by atoms with Gasteiger partial charge in [0.2, 0.25) is 0 Å². The molecule has 3 aromatic carbocycles. The summed E-state index contributed by atoms with van der Waals surface area (Å²) in [6, 6.07) is 20.3. The molecule has 0 atom stereocenters. The van der Waals surface area contributed by atoms with Gasteiger partial charge in [0.1, 0.15) is 22.9 Å². The Labute approximate surface area is 207 Å². The Kier molecular flexibility index (Phi) is 7.60. The Bertz CT molecular complexity index is 1360. The summed E-state index contributed by atoms with van der Waals surface area (Å²) >= 11 is 0. The Balaban J connectivity index is 0.00000289. The van der Waals surface area contributed by atoms with Gasteiger partial charge in [-0.05, 0) is 42.5 Å². The quantitative estimate of drug-likeness (QED) is 0.187. The Morgan fingerprint density at radius 1 is 0.938 bits per heavy atom. The minimum absolute atomic E-state index is 0. The minimum atomic E-state index is -4.47. The van der Waals surface area contributed by atoms with E-state index in [1.54, 1.807) is 54.7 Å². The monoisotopic (exact) mass is 457 g/mol. The molecule has 0 aliphatic rings. The molecule has 10 heteroatoms. The van der Waals surface area contributed by atoms with E-state index in [9.17, 15) is 13.0 Å². The topological polar surface area (TPSA) is 127 Å². The van der Waals surface area contributed by atoms with E-state index in [1.807, 2.05) is 18.2 Å². The Hall–Kier alpha value is -2.82. The summed E-state index contributed by atoms with van der Waals surface area (Å²) in [6.07, 6.45) is 1.70. The molecule has 8 nitrogen and oxygen atoms in total. The molecule has 0 bridgehead atoms. The molecule has 1 radical (unpaired) electrons. The van der Waals surface area contributed by atoms with Crippen LogP contribution in [-0.2, 0) is 16.7 Å². The van der Waals surface area contributed by atoms with Crippen LogP contribution in [0.1, 0.15) is 5.69 Å². The second-order valence-corrected chi connectivity index (χ2v) is 8.02. The molecule has 0 spiro atoms. The number of ether oxygens (including phenoxy) is 1. The number of azo groups is 1. The fraction of sp³-hybridized carbons (Fsp3) is 0.0455. The van der Waals surface area contributed by atoms with Crippen molar-refractivity contribution in [2.75, 3.05) is 5.73 Å². The van der Waals surface area contributed by atoms with E-state index < -0.39 is 10.1 Å². The van der Waals surface area contributed by atoms with Crippen LogP contribution < -0.4 is 10.5 Å². The fourth-order valence-electron chi connectivity index (χ4n) is 3.01. The second-order valence-electron chi connectivity index (χ2n) is 6.63. The zero-order chi connectivity index (χ0) is 21.8. The van der Waals surface area contributed by atoms with E-state index in [1.165, 1.54) is 6.07 Å². The van der Waals surface area contributed by atoms with Crippen molar-refractivity contribution in [3.05, 3.63) is 84.7 Å². The van der Waals surface area contributed by atoms with Gasteiger partial charge in [-0.3, -0.25) is 9.54 Å². The fourth-order valence-corrected chi connectivity index (χ4v) is 3.72. The maximum absolute atomic E-state index is 11.8. The maximum Gasteiger partial charge on any atom is 0.295 e. The van der Waals surface area contributed by atoms with Crippen molar-refractivity contribution in [1.29, 1.82) is 0 Å². The van der Waals surface area contributed by atoms with Crippen LogP contribution in [0.3, 0.4) is 0 Å². The molecule has 157 valence electrons. The van der Waals surface area contributed by atoms with Gasteiger partial charge in [-0.25, -0.2) is 0 Å². The molecule has 3 N–H and O–H groups in total. The summed E-state index contributed by atoms with van der Waals surface area (Å²) in [6.45, 7) is 0.341. The molecule has 0 aliphatic carbocycles. The number of nitrogen functional groups attached to an aromatic ring is 1. The summed E-state index contributed by atoms with van der Waals surface area (Å²) in [5.74, 6) is 0.642. The van der Waals surface area contributed by atoms with Gasteiger partial charge in [-0.15, -0.1) is 5.11 Å². The average molecular weight is 457 g/mol. The third-order valence-corrected chi connectivity index (χ3v) is 5.42. The summed E-state index contributed by atoms with van der Waals surface area (Å²) < 4.78 is 38.9. The molecule has 4 rings (SSSR count). The zero-order valence-corrected chi connectivity index (χ0v) is 20.0. The second kappa shape index (κ2) is 10.2. The van der Waals surface area contributed by atoms with Gasteiger partial charge in [0.25, 0.3) is 10.1 Å². The number of hydrogen-bond acceptors (Lipinski definition) is 7. The van der Waals surface area contributed by atoms with Crippen LogP contribution in [0.15, 0.2) is 94.1 Å². The Morgan fingerprint density at radius 3 is 2.28 bits per heavy atom. The zero-order valence-electron chi connectivity index (χ0n) is 17.2. The molecule has 0 amide bonds. The van der Waals surface area contributed by atoms with E-state index >= 15 is 0 Å². The van der Waals surface area contributed by atoms with Crippen molar-refractivity contribution in [2.45, 2.75) is 11.5 Å². The molecule has 0 unspecified atom stereocenters. The summed E-state index contributed by atoms with van der Waals surface area (Å²) in [7, 11) is -4.47. The molecule has 1 aromatic heterocycles. The number of aromatic nitrogens is 1. The van der Waals surface area contributed by atoms with Crippen LogP contribution >= 0.6 is 0 Å². The molecule has 32 heavy (non-hydrogen) atoms. The van der Waals surface area contributed by atoms with Crippen molar-refractivity contribution in [3.8, 4) is 5.75 Å². The number of benzene rings is 3. The van der Waals surface area contributed by atoms with Crippen LogP contribution in [0.4, 0.5) is 17.1 Å². The van der Waals surface area contributed by atoms with Crippen molar-refractivity contribution in [3.63, 3.8) is 0 Å². The van der Waals surface area contributed by atoms with Gasteiger partial charge in [0, 0.05) is 46.5 Å². The maximum atomic E-state index is 11.8. The number of pyridine rings is 1. The third kappa shape index (κ3) is 5.50. The number of nitrogens with zero attached hydrogens (tertiary/aromatic N) is 3. The van der Waals surface area contributed by atoms with Crippen molar-refractivity contribution < 1.29 is 17.7 Å². The van der Waals surface area contributed by atoms with E-state index in [0.29, 0.717) is 28.8 Å². The SMILES string of the molecule is Nc1c(N=Nc2ccc(OCc3ccccn3)cc2)cc(S(=O)(=O)O)c2ccccc12.[Na]. The first kappa shape index (κ1) is 23.8. The van der Waals surface area contributed by atoms with Crippen molar-refractivity contribution in [1.82, 2.24) is 4.98 Å². The first-order chi connectivity index (χ1) is 14.9. The van der Waals surface area contributed by atoms with Gasteiger partial charge >= 0.3 is 0 Å². The minimum Gasteiger partial charge on any atom is -0.487 e. The summed E-state index contributed by atoms with van der Waals surface area (Å²) in [4.78, 5) is 3.92. The third-order valence-electron chi connectivity index (χ3n) is 4.53. The predicted molar refractivity (Wildman–Crippen MR) is 123 cm³/mol. The van der Waals surface area contributed by atoms with E-state index in [-0.39, 0.29) is 45.8 Å². The van der Waals surface area contributed by atoms with Crippen LogP contribution in [0.2, 0.25) is 0 Å². The largest absolute Gasteiger partial charge is 0.487 e. The van der Waals surface area contributed by atoms with E-state index in [0.717, 1.165) is 5.69 Å². The molecule has 0 saturated carbocycles. The van der Waals surface area contributed by atoms with Crippen molar-refractivity contribution in [2.24, 2.45) is 10.2 Å². The molecule has 4 aromatic rings. The van der Waals surface area contributed by atoms with Gasteiger partial charge in [0.05, 0.1) is 17.1 Å². The van der Waals surface area contributed by atoms with Gasteiger partial charge in [0.15, 0.2) is 0 Å². The first-order valence-electron chi connectivity index (χ1n) is 9.25. The van der Waals surface area contributed by atoms with E-state index in [4.69, 9.17) is 10.5 Å². The summed E-state index contributed by atoms with van der Waals surface area (Å²) in [5.41, 5.74) is 7.90. The van der Waals surface area contributed by atoms with Crippen LogP contribution in [0, 0.1) is 0 Å². The van der Waals surface area contributed by atoms with E-state index in [2.05, 4.69) is 15.2 Å². The normalized spacial score (nSPS) is 11.4. The Morgan fingerprint density at radius 2 is 1.62 bits per heavy atom. The smallest absolute Gasteiger partial charge is 0.295 e. The molecular formula is C22H18N4NaO4S. The van der Waals surface area contributed by atoms with Crippen LogP contribution in [0.5, 0.6) is 5.75 Å². The molecule has 0 saturated heterocycles. The molecule has 0 aliphatic heterocycles. The molecule has 1 heterocycles. The number of anilines is 1. The molecule has 0 fully saturated rings. The van der Waals surface area contributed by atoms with Gasteiger partial charge in [-0.2, -0.15) is 13.5 Å². The average Bonchev–Trinajstić information content (AvgIpc) is 2.78. The van der Waals surface area contributed by atoms with Gasteiger partial charge < -0.3 is 10.5 Å².